The minimum absolute atomic E-state index is 0.0154. The van der Waals surface area contributed by atoms with Gasteiger partial charge in [-0.3, -0.25) is 9.67 Å². The van der Waals surface area contributed by atoms with Crippen molar-refractivity contribution >= 4 is 11.6 Å². The van der Waals surface area contributed by atoms with Crippen molar-refractivity contribution < 1.29 is 22.0 Å². The Morgan fingerprint density at radius 1 is 1.17 bits per heavy atom. The Morgan fingerprint density at radius 3 is 2.48 bits per heavy atom. The molecule has 1 aromatic heterocycles. The summed E-state index contributed by atoms with van der Waals surface area (Å²) >= 11 is 0. The maximum Gasteiger partial charge on any atom is 0.435 e. The van der Waals surface area contributed by atoms with Gasteiger partial charge in [-0.15, -0.1) is 0 Å². The van der Waals surface area contributed by atoms with Gasteiger partial charge in [0, 0.05) is 64.6 Å². The molecule has 0 radical (unpaired) electrons. The fourth-order valence-corrected chi connectivity index (χ4v) is 3.30. The Labute approximate surface area is 164 Å². The van der Waals surface area contributed by atoms with Gasteiger partial charge < -0.3 is 15.1 Å². The van der Waals surface area contributed by atoms with Gasteiger partial charge in [-0.05, 0) is 12.1 Å². The van der Waals surface area contributed by atoms with E-state index < -0.39 is 23.5 Å². The first-order valence-corrected chi connectivity index (χ1v) is 8.94. The first-order valence-electron chi connectivity index (χ1n) is 8.94. The molecule has 0 saturated carbocycles. The molecule has 2 heterocycles. The topological polar surface area (TPSA) is 48.7 Å². The van der Waals surface area contributed by atoms with Gasteiger partial charge in [0.1, 0.15) is 11.6 Å². The van der Waals surface area contributed by atoms with Crippen LogP contribution in [0.1, 0.15) is 11.3 Å². The van der Waals surface area contributed by atoms with Crippen LogP contribution < -0.4 is 10.2 Å². The summed E-state index contributed by atoms with van der Waals surface area (Å²) in [6.45, 7) is 1.65. The average Bonchev–Trinajstić information content (AvgIpc) is 3.06. The molecule has 0 aliphatic carbocycles. The first-order chi connectivity index (χ1) is 13.7. The second kappa shape index (κ2) is 8.26. The summed E-state index contributed by atoms with van der Waals surface area (Å²) in [7, 11) is 2.97. The molecule has 0 bridgehead atoms. The molecule has 0 unspecified atom stereocenters. The Balaban J connectivity index is 1.62. The molecule has 1 N–H and O–H groups in total. The number of rotatable bonds is 3. The van der Waals surface area contributed by atoms with E-state index in [1.54, 1.807) is 4.90 Å². The number of piperazine rings is 1. The number of alkyl halides is 3. The summed E-state index contributed by atoms with van der Waals surface area (Å²) in [6, 6.07) is 3.30. The van der Waals surface area contributed by atoms with Crippen LogP contribution in [0.4, 0.5) is 27.6 Å². The zero-order valence-electron chi connectivity index (χ0n) is 16.0. The van der Waals surface area contributed by atoms with Gasteiger partial charge in [-0.2, -0.15) is 18.3 Å². The van der Waals surface area contributed by atoms with E-state index in [1.165, 1.54) is 20.3 Å². The smallest absolute Gasteiger partial charge is 0.366 e. The number of hydrogen-bond donors (Lipinski definition) is 1. The summed E-state index contributed by atoms with van der Waals surface area (Å²) in [5.74, 6) is -0.585. The van der Waals surface area contributed by atoms with Gasteiger partial charge in [-0.1, -0.05) is 0 Å². The number of nitrogens with one attached hydrogen (secondary N) is 1. The summed E-state index contributed by atoms with van der Waals surface area (Å²) in [5, 5.41) is 6.41. The van der Waals surface area contributed by atoms with Gasteiger partial charge >= 0.3 is 6.18 Å². The van der Waals surface area contributed by atoms with Gasteiger partial charge in [0.2, 0.25) is 0 Å². The zero-order chi connectivity index (χ0) is 21.2. The lowest BCUT2D eigenvalue weighted by atomic mass is 10.2. The number of anilines is 1. The quantitative estimate of drug-likeness (QED) is 0.475. The van der Waals surface area contributed by atoms with Crippen molar-refractivity contribution in [3.05, 3.63) is 47.3 Å². The van der Waals surface area contributed by atoms with Crippen LogP contribution in [-0.4, -0.2) is 53.9 Å². The summed E-state index contributed by atoms with van der Waals surface area (Å²) in [6.07, 6.45) is -3.23. The highest BCUT2D eigenvalue weighted by atomic mass is 19.4. The number of halogens is 5. The maximum absolute atomic E-state index is 14.0. The maximum atomic E-state index is 14.0. The molecule has 1 saturated heterocycles. The van der Waals surface area contributed by atoms with E-state index in [4.69, 9.17) is 0 Å². The number of aliphatic imine (C=N–C) groups is 1. The largest absolute Gasteiger partial charge is 0.435 e. The van der Waals surface area contributed by atoms with Crippen LogP contribution in [0.15, 0.2) is 29.4 Å². The van der Waals surface area contributed by atoms with E-state index in [0.717, 1.165) is 22.9 Å². The highest BCUT2D eigenvalue weighted by Gasteiger charge is 2.37. The standard InChI is InChI=1S/C18H21F5N6/c1-24-17(25-10-12-11-27(2)26-16(12)18(21,22)23)29-7-5-28(6-8-29)15-9-13(19)3-4-14(15)20/h3-4,9,11H,5-8,10H2,1-2H3,(H,24,25). The molecule has 0 amide bonds. The number of nitrogens with zero attached hydrogens (tertiary/aromatic N) is 5. The summed E-state index contributed by atoms with van der Waals surface area (Å²) in [4.78, 5) is 7.71. The molecule has 1 aliphatic rings. The van der Waals surface area contributed by atoms with Crippen molar-refractivity contribution in [1.82, 2.24) is 20.0 Å². The van der Waals surface area contributed by atoms with Crippen LogP contribution in [0.3, 0.4) is 0 Å². The SMILES string of the molecule is CN=C(NCc1cn(C)nc1C(F)(F)F)N1CCN(c2cc(F)ccc2F)CC1. The zero-order valence-corrected chi connectivity index (χ0v) is 16.0. The van der Waals surface area contributed by atoms with Crippen LogP contribution >= 0.6 is 0 Å². The van der Waals surface area contributed by atoms with E-state index in [0.29, 0.717) is 32.1 Å². The van der Waals surface area contributed by atoms with Crippen LogP contribution in [0.2, 0.25) is 0 Å². The molecular formula is C18H21F5N6. The second-order valence-electron chi connectivity index (χ2n) is 6.64. The molecule has 3 rings (SSSR count). The molecule has 1 fully saturated rings. The molecule has 1 aromatic carbocycles. The fraction of sp³-hybridized carbons (Fsp3) is 0.444. The Morgan fingerprint density at radius 2 is 1.86 bits per heavy atom. The molecule has 29 heavy (non-hydrogen) atoms. The van der Waals surface area contributed by atoms with E-state index in [1.807, 2.05) is 4.90 Å². The third-order valence-corrected chi connectivity index (χ3v) is 4.65. The monoisotopic (exact) mass is 416 g/mol. The molecule has 0 atom stereocenters. The van der Waals surface area contributed by atoms with Crippen molar-refractivity contribution in [3.63, 3.8) is 0 Å². The fourth-order valence-electron chi connectivity index (χ4n) is 3.30. The van der Waals surface area contributed by atoms with E-state index >= 15 is 0 Å². The molecular weight excluding hydrogens is 395 g/mol. The van der Waals surface area contributed by atoms with Crippen LogP contribution in [0.5, 0.6) is 0 Å². The molecule has 158 valence electrons. The highest BCUT2D eigenvalue weighted by Crippen LogP contribution is 2.30. The van der Waals surface area contributed by atoms with Crippen molar-refractivity contribution in [1.29, 1.82) is 0 Å². The summed E-state index contributed by atoms with van der Waals surface area (Å²) < 4.78 is 67.7. The predicted octanol–water partition coefficient (Wildman–Crippen LogP) is 2.61. The van der Waals surface area contributed by atoms with Gasteiger partial charge in [0.25, 0.3) is 0 Å². The molecule has 6 nitrogen and oxygen atoms in total. The van der Waals surface area contributed by atoms with Crippen LogP contribution in [0, 0.1) is 11.6 Å². The normalized spacial score (nSPS) is 15.8. The highest BCUT2D eigenvalue weighted by molar-refractivity contribution is 5.80. The van der Waals surface area contributed by atoms with Gasteiger partial charge in [0.15, 0.2) is 11.7 Å². The molecule has 1 aliphatic heterocycles. The Kier molecular flexibility index (Phi) is 5.94. The van der Waals surface area contributed by atoms with E-state index in [-0.39, 0.29) is 17.8 Å². The van der Waals surface area contributed by atoms with Crippen molar-refractivity contribution in [2.75, 3.05) is 38.1 Å². The predicted molar refractivity (Wildman–Crippen MR) is 98.6 cm³/mol. The average molecular weight is 416 g/mol. The van der Waals surface area contributed by atoms with E-state index in [9.17, 15) is 22.0 Å². The summed E-state index contributed by atoms with van der Waals surface area (Å²) in [5.41, 5.74) is -0.728. The number of guanidine groups is 1. The lowest BCUT2D eigenvalue weighted by molar-refractivity contribution is -0.142. The number of benzene rings is 1. The van der Waals surface area contributed by atoms with E-state index in [2.05, 4.69) is 15.4 Å². The number of aromatic nitrogens is 2. The second-order valence-corrected chi connectivity index (χ2v) is 6.64. The van der Waals surface area contributed by atoms with Crippen molar-refractivity contribution in [2.45, 2.75) is 12.7 Å². The van der Waals surface area contributed by atoms with Crippen LogP contribution in [0.25, 0.3) is 0 Å². The minimum Gasteiger partial charge on any atom is -0.366 e. The first kappa shape index (κ1) is 20.9. The third-order valence-electron chi connectivity index (χ3n) is 4.65. The van der Waals surface area contributed by atoms with Gasteiger partial charge in [-0.25, -0.2) is 8.78 Å². The Bertz CT molecular complexity index is 883. The third kappa shape index (κ3) is 4.77. The molecule has 2 aromatic rings. The minimum atomic E-state index is -4.54. The van der Waals surface area contributed by atoms with Crippen LogP contribution in [-0.2, 0) is 19.8 Å². The lowest BCUT2D eigenvalue weighted by Crippen LogP contribution is -2.52. The van der Waals surface area contributed by atoms with Crippen molar-refractivity contribution in [3.8, 4) is 0 Å². The molecule has 11 heteroatoms. The molecule has 0 spiro atoms. The van der Waals surface area contributed by atoms with Crippen molar-refractivity contribution in [2.24, 2.45) is 12.0 Å². The number of aryl methyl sites for hydroxylation is 1. The number of hydrogen-bond acceptors (Lipinski definition) is 3. The lowest BCUT2D eigenvalue weighted by Gasteiger charge is -2.37. The Hall–Kier alpha value is -2.85. The van der Waals surface area contributed by atoms with Gasteiger partial charge in [0.05, 0.1) is 5.69 Å².